The van der Waals surface area contributed by atoms with E-state index >= 15 is 4.39 Å². The summed E-state index contributed by atoms with van der Waals surface area (Å²) in [7, 11) is 1.89. The maximum atomic E-state index is 15.1. The molecule has 6 nitrogen and oxygen atoms in total. The Morgan fingerprint density at radius 3 is 2.85 bits per heavy atom. The molecule has 1 aliphatic carbocycles. The van der Waals surface area contributed by atoms with Crippen molar-refractivity contribution in [2.45, 2.75) is 44.1 Å². The molecule has 174 valence electrons. The van der Waals surface area contributed by atoms with Crippen LogP contribution in [0.5, 0.6) is 0 Å². The van der Waals surface area contributed by atoms with Crippen LogP contribution in [-0.2, 0) is 24.6 Å². The summed E-state index contributed by atoms with van der Waals surface area (Å²) >= 11 is 6.02. The molecule has 0 N–H and O–H groups in total. The molecule has 1 aromatic carbocycles. The fourth-order valence-corrected chi connectivity index (χ4v) is 5.48. The van der Waals surface area contributed by atoms with Crippen LogP contribution in [0.15, 0.2) is 47.5 Å². The minimum absolute atomic E-state index is 0.0606. The molecule has 34 heavy (non-hydrogen) atoms. The van der Waals surface area contributed by atoms with E-state index in [1.54, 1.807) is 21.2 Å². The Labute approximate surface area is 201 Å². The zero-order valence-corrected chi connectivity index (χ0v) is 19.6. The predicted octanol–water partition coefficient (Wildman–Crippen LogP) is 5.01. The lowest BCUT2D eigenvalue weighted by Crippen LogP contribution is -2.23. The Balaban J connectivity index is 1.52. The second-order valence-electron chi connectivity index (χ2n) is 9.22. The number of nitrogens with zero attached hydrogens (tertiary/aromatic N) is 4. The summed E-state index contributed by atoms with van der Waals surface area (Å²) in [5.41, 5.74) is 5.00. The van der Waals surface area contributed by atoms with Gasteiger partial charge in [0.05, 0.1) is 23.7 Å². The van der Waals surface area contributed by atoms with Gasteiger partial charge in [0.25, 0.3) is 5.56 Å². The highest BCUT2D eigenvalue weighted by Gasteiger charge is 2.28. The van der Waals surface area contributed by atoms with E-state index in [2.05, 4.69) is 5.10 Å². The van der Waals surface area contributed by atoms with Crippen molar-refractivity contribution in [2.24, 2.45) is 7.05 Å². The minimum Gasteiger partial charge on any atom is -0.373 e. The van der Waals surface area contributed by atoms with Crippen molar-refractivity contribution < 1.29 is 9.13 Å². The van der Waals surface area contributed by atoms with Crippen molar-refractivity contribution in [3.05, 3.63) is 86.3 Å². The van der Waals surface area contributed by atoms with Crippen molar-refractivity contribution in [3.8, 4) is 11.3 Å². The summed E-state index contributed by atoms with van der Waals surface area (Å²) in [6.45, 7) is 0.616. The van der Waals surface area contributed by atoms with Crippen LogP contribution in [0.1, 0.15) is 53.7 Å². The predicted molar refractivity (Wildman–Crippen MR) is 128 cm³/mol. The van der Waals surface area contributed by atoms with E-state index < -0.39 is 5.82 Å². The Hall–Kier alpha value is -3.03. The van der Waals surface area contributed by atoms with E-state index in [1.807, 2.05) is 31.6 Å². The largest absolute Gasteiger partial charge is 0.373 e. The zero-order chi connectivity index (χ0) is 23.4. The van der Waals surface area contributed by atoms with Gasteiger partial charge in [-0.3, -0.25) is 13.9 Å². The monoisotopic (exact) mass is 478 g/mol. The maximum Gasteiger partial charge on any atom is 0.261 e. The average Bonchev–Trinajstić information content (AvgIpc) is 3.48. The van der Waals surface area contributed by atoms with Gasteiger partial charge < -0.3 is 4.74 Å². The summed E-state index contributed by atoms with van der Waals surface area (Å²) in [6.07, 6.45) is 7.80. The summed E-state index contributed by atoms with van der Waals surface area (Å²) in [5.74, 6) is -0.276. The third-order valence-electron chi connectivity index (χ3n) is 7.03. The molecular formula is C26H24ClFN4O2. The summed E-state index contributed by atoms with van der Waals surface area (Å²) < 4.78 is 24.5. The van der Waals surface area contributed by atoms with Gasteiger partial charge in [0.2, 0.25) is 0 Å². The molecule has 3 aromatic heterocycles. The number of aromatic nitrogens is 4. The molecule has 2 aliphatic rings. The second kappa shape index (κ2) is 8.32. The summed E-state index contributed by atoms with van der Waals surface area (Å²) in [5, 5.41) is 4.60. The number of hydrogen-bond acceptors (Lipinski definition) is 4. The molecule has 1 aliphatic heterocycles. The molecule has 1 fully saturated rings. The lowest BCUT2D eigenvalue weighted by molar-refractivity contribution is 0.00523. The van der Waals surface area contributed by atoms with Gasteiger partial charge >= 0.3 is 0 Å². The second-order valence-corrected chi connectivity index (χ2v) is 9.65. The first kappa shape index (κ1) is 21.5. The average molecular weight is 479 g/mol. The maximum absolute atomic E-state index is 15.1. The molecule has 1 saturated heterocycles. The van der Waals surface area contributed by atoms with Crippen LogP contribution in [0.25, 0.3) is 16.9 Å². The van der Waals surface area contributed by atoms with Crippen molar-refractivity contribution in [1.82, 2.24) is 19.2 Å². The number of fused-ring (bicyclic) bond motifs is 2. The van der Waals surface area contributed by atoms with Crippen LogP contribution >= 0.6 is 11.6 Å². The molecular weight excluding hydrogens is 455 g/mol. The van der Waals surface area contributed by atoms with Gasteiger partial charge in [-0.25, -0.2) is 9.37 Å². The highest BCUT2D eigenvalue weighted by Crippen LogP contribution is 2.39. The molecule has 2 atom stereocenters. The molecule has 8 heteroatoms. The Morgan fingerprint density at radius 2 is 2.06 bits per heavy atom. The molecule has 0 spiro atoms. The third kappa shape index (κ3) is 3.63. The summed E-state index contributed by atoms with van der Waals surface area (Å²) in [6, 6.07) is 8.51. The lowest BCUT2D eigenvalue weighted by atomic mass is 9.86. The quantitative estimate of drug-likeness (QED) is 0.415. The fraction of sp³-hybridized carbons (Fsp3) is 0.346. The van der Waals surface area contributed by atoms with Crippen LogP contribution in [0.4, 0.5) is 4.39 Å². The number of pyridine rings is 1. The Kier molecular flexibility index (Phi) is 5.26. The molecule has 4 aromatic rings. The van der Waals surface area contributed by atoms with Crippen LogP contribution in [0.3, 0.4) is 0 Å². The zero-order valence-electron chi connectivity index (χ0n) is 18.8. The van der Waals surface area contributed by atoms with E-state index in [0.717, 1.165) is 48.1 Å². The number of aryl methyl sites for hydroxylation is 2. The van der Waals surface area contributed by atoms with Crippen LogP contribution in [0, 0.1) is 5.82 Å². The topological polar surface area (TPSA) is 61.4 Å². The van der Waals surface area contributed by atoms with E-state index in [-0.39, 0.29) is 17.6 Å². The molecule has 0 unspecified atom stereocenters. The smallest absolute Gasteiger partial charge is 0.261 e. The van der Waals surface area contributed by atoms with Gasteiger partial charge in [0.1, 0.15) is 11.5 Å². The normalized spacial score (nSPS) is 20.1. The molecule has 0 amide bonds. The molecule has 0 radical (unpaired) electrons. The Morgan fingerprint density at radius 1 is 1.18 bits per heavy atom. The first-order chi connectivity index (χ1) is 16.5. The van der Waals surface area contributed by atoms with Crippen LogP contribution in [0.2, 0.25) is 5.02 Å². The minimum atomic E-state index is -0.460. The molecule has 4 heterocycles. The van der Waals surface area contributed by atoms with Crippen molar-refractivity contribution >= 4 is 17.2 Å². The van der Waals surface area contributed by atoms with E-state index in [9.17, 15) is 4.79 Å². The van der Waals surface area contributed by atoms with E-state index in [4.69, 9.17) is 21.3 Å². The van der Waals surface area contributed by atoms with Crippen LogP contribution < -0.4 is 5.56 Å². The summed E-state index contributed by atoms with van der Waals surface area (Å²) in [4.78, 5) is 18.3. The van der Waals surface area contributed by atoms with E-state index in [1.165, 1.54) is 6.07 Å². The third-order valence-corrected chi connectivity index (χ3v) is 7.26. The number of benzene rings is 1. The Bertz CT molecular complexity index is 1480. The number of halogens is 2. The number of rotatable bonds is 3. The first-order valence-corrected chi connectivity index (χ1v) is 12.0. The highest BCUT2D eigenvalue weighted by molar-refractivity contribution is 6.30. The van der Waals surface area contributed by atoms with Crippen LogP contribution in [-0.4, -0.2) is 25.8 Å². The molecule has 0 bridgehead atoms. The highest BCUT2D eigenvalue weighted by atomic mass is 35.5. The van der Waals surface area contributed by atoms with Crippen molar-refractivity contribution in [1.29, 1.82) is 0 Å². The van der Waals surface area contributed by atoms with E-state index in [0.29, 0.717) is 35.0 Å². The first-order valence-electron chi connectivity index (χ1n) is 11.6. The number of ether oxygens (including phenoxy) is 1. The van der Waals surface area contributed by atoms with Crippen molar-refractivity contribution in [2.75, 3.05) is 6.61 Å². The van der Waals surface area contributed by atoms with Crippen molar-refractivity contribution in [3.63, 3.8) is 0 Å². The number of hydrogen-bond donors (Lipinski definition) is 0. The van der Waals surface area contributed by atoms with Gasteiger partial charge in [0.15, 0.2) is 0 Å². The van der Waals surface area contributed by atoms with Gasteiger partial charge in [-0.05, 0) is 73.9 Å². The standard InChI is InChI=1S/C26H24ClFN4O2/c1-31-14-17(13-29-31)24-10-15(7-8-34-24)16-9-23(19-6-5-18(27)12-21(19)28)32-25(11-16)30-22-4-2-3-20(22)26(32)33/h5-6,9,11-15,24H,2-4,7-8,10H2,1H3/t15-,24+/m1/s1. The lowest BCUT2D eigenvalue weighted by Gasteiger charge is -2.30. The fourth-order valence-electron chi connectivity index (χ4n) is 5.32. The molecule has 6 rings (SSSR count). The van der Waals surface area contributed by atoms with Gasteiger partial charge in [0, 0.05) is 41.6 Å². The van der Waals surface area contributed by atoms with Gasteiger partial charge in [-0.15, -0.1) is 0 Å². The van der Waals surface area contributed by atoms with Gasteiger partial charge in [-0.2, -0.15) is 5.10 Å². The molecule has 0 saturated carbocycles. The van der Waals surface area contributed by atoms with Gasteiger partial charge in [-0.1, -0.05) is 11.6 Å². The SMILES string of the molecule is Cn1cc([C@@H]2C[C@H](c3cc(-c4ccc(Cl)cc4F)n4c(=O)c5c(nc4c3)CCC5)CCO2)cn1.